The van der Waals surface area contributed by atoms with Gasteiger partial charge >= 0.3 is 0 Å². The Kier molecular flexibility index (Phi) is 6.73. The molecule has 1 aliphatic heterocycles. The first-order valence-corrected chi connectivity index (χ1v) is 9.83. The number of ether oxygens (including phenoxy) is 2. The molecule has 1 aromatic heterocycles. The minimum atomic E-state index is -0.0419. The molecule has 2 unspecified atom stereocenters. The standard InChI is InChI=1S/C20H30N6O2/c1-5-21-20(24-16-6-11-19-23-15(3)25-26(19)13-16)22-12-14(2)28-18-9-7-17(27-4)8-10-18/h7-10,14,16H,5-6,11-13H2,1-4H3,(H2,21,22,24). The van der Waals surface area contributed by atoms with Crippen LogP contribution in [0, 0.1) is 6.92 Å². The van der Waals surface area contributed by atoms with E-state index in [1.54, 1.807) is 7.11 Å². The van der Waals surface area contributed by atoms with Gasteiger partial charge in [0.1, 0.15) is 29.3 Å². The fourth-order valence-corrected chi connectivity index (χ4v) is 3.21. The highest BCUT2D eigenvalue weighted by Crippen LogP contribution is 2.18. The Morgan fingerprint density at radius 2 is 2.07 bits per heavy atom. The number of aliphatic imine (C=N–C) groups is 1. The van der Waals surface area contributed by atoms with E-state index in [1.165, 1.54) is 0 Å². The summed E-state index contributed by atoms with van der Waals surface area (Å²) >= 11 is 0. The van der Waals surface area contributed by atoms with Gasteiger partial charge in [0, 0.05) is 19.0 Å². The third-order valence-corrected chi connectivity index (χ3v) is 4.55. The van der Waals surface area contributed by atoms with Crippen LogP contribution in [0.5, 0.6) is 11.5 Å². The van der Waals surface area contributed by atoms with Crippen molar-refractivity contribution in [1.82, 2.24) is 25.4 Å². The summed E-state index contributed by atoms with van der Waals surface area (Å²) in [6.07, 6.45) is 1.90. The van der Waals surface area contributed by atoms with Gasteiger partial charge in [-0.05, 0) is 51.5 Å². The first-order chi connectivity index (χ1) is 13.6. The molecule has 0 fully saturated rings. The number of benzene rings is 1. The molecular formula is C20H30N6O2. The van der Waals surface area contributed by atoms with Gasteiger partial charge in [-0.3, -0.25) is 0 Å². The van der Waals surface area contributed by atoms with Crippen LogP contribution in [0.2, 0.25) is 0 Å². The molecule has 152 valence electrons. The summed E-state index contributed by atoms with van der Waals surface area (Å²) in [5, 5.41) is 11.3. The lowest BCUT2D eigenvalue weighted by atomic mass is 10.1. The molecular weight excluding hydrogens is 356 g/mol. The average Bonchev–Trinajstić information content (AvgIpc) is 3.06. The van der Waals surface area contributed by atoms with Crippen molar-refractivity contribution >= 4 is 5.96 Å². The van der Waals surface area contributed by atoms with Gasteiger partial charge in [0.05, 0.1) is 20.2 Å². The maximum Gasteiger partial charge on any atom is 0.191 e. The highest BCUT2D eigenvalue weighted by molar-refractivity contribution is 5.80. The van der Waals surface area contributed by atoms with Crippen LogP contribution >= 0.6 is 0 Å². The topological polar surface area (TPSA) is 85.6 Å². The van der Waals surface area contributed by atoms with E-state index < -0.39 is 0 Å². The number of aromatic nitrogens is 3. The number of methoxy groups -OCH3 is 1. The van der Waals surface area contributed by atoms with Crippen molar-refractivity contribution < 1.29 is 9.47 Å². The van der Waals surface area contributed by atoms with Gasteiger partial charge in [0.15, 0.2) is 5.96 Å². The number of nitrogens with one attached hydrogen (secondary N) is 2. The van der Waals surface area contributed by atoms with E-state index in [2.05, 4.69) is 27.6 Å². The molecule has 3 rings (SSSR count). The van der Waals surface area contributed by atoms with Crippen molar-refractivity contribution in [3.05, 3.63) is 35.9 Å². The van der Waals surface area contributed by atoms with E-state index in [-0.39, 0.29) is 12.1 Å². The fraction of sp³-hybridized carbons (Fsp3) is 0.550. The molecule has 1 aromatic carbocycles. The quantitative estimate of drug-likeness (QED) is 0.559. The monoisotopic (exact) mass is 386 g/mol. The van der Waals surface area contributed by atoms with E-state index in [0.717, 1.165) is 55.0 Å². The van der Waals surface area contributed by atoms with Crippen molar-refractivity contribution in [2.45, 2.75) is 52.3 Å². The molecule has 0 bridgehead atoms. The molecule has 2 heterocycles. The molecule has 1 aliphatic rings. The summed E-state index contributed by atoms with van der Waals surface area (Å²) in [6.45, 7) is 8.18. The normalized spacial score (nSPS) is 17.6. The predicted molar refractivity (Wildman–Crippen MR) is 109 cm³/mol. The zero-order chi connectivity index (χ0) is 19.9. The lowest BCUT2D eigenvalue weighted by Crippen LogP contribution is -2.47. The number of fused-ring (bicyclic) bond motifs is 1. The Morgan fingerprint density at radius 3 is 2.79 bits per heavy atom. The second-order valence-electron chi connectivity index (χ2n) is 6.96. The summed E-state index contributed by atoms with van der Waals surface area (Å²) in [6, 6.07) is 7.87. The van der Waals surface area contributed by atoms with E-state index in [0.29, 0.717) is 6.54 Å². The molecule has 0 radical (unpaired) electrons. The van der Waals surface area contributed by atoms with E-state index >= 15 is 0 Å². The minimum Gasteiger partial charge on any atom is -0.497 e. The molecule has 0 saturated heterocycles. The predicted octanol–water partition coefficient (Wildman–Crippen LogP) is 1.93. The molecule has 0 spiro atoms. The Bertz CT molecular complexity index is 786. The smallest absolute Gasteiger partial charge is 0.191 e. The van der Waals surface area contributed by atoms with Crippen molar-refractivity contribution in [3.63, 3.8) is 0 Å². The van der Waals surface area contributed by atoms with Crippen molar-refractivity contribution in [2.75, 3.05) is 20.2 Å². The molecule has 8 nitrogen and oxygen atoms in total. The highest BCUT2D eigenvalue weighted by atomic mass is 16.5. The number of nitrogens with zero attached hydrogens (tertiary/aromatic N) is 4. The number of aryl methyl sites for hydroxylation is 2. The number of guanidine groups is 1. The SMILES string of the molecule is CCNC(=NCC(C)Oc1ccc(OC)cc1)NC1CCc2nc(C)nn2C1. The Hall–Kier alpha value is -2.77. The summed E-state index contributed by atoms with van der Waals surface area (Å²) < 4.78 is 13.1. The van der Waals surface area contributed by atoms with E-state index in [1.807, 2.05) is 42.8 Å². The maximum atomic E-state index is 5.94. The lowest BCUT2D eigenvalue weighted by molar-refractivity contribution is 0.230. The van der Waals surface area contributed by atoms with Crippen molar-refractivity contribution in [1.29, 1.82) is 0 Å². The summed E-state index contributed by atoms with van der Waals surface area (Å²) in [4.78, 5) is 9.16. The first kappa shape index (κ1) is 20.0. The highest BCUT2D eigenvalue weighted by Gasteiger charge is 2.21. The number of rotatable bonds is 7. The largest absolute Gasteiger partial charge is 0.497 e. The van der Waals surface area contributed by atoms with E-state index in [9.17, 15) is 0 Å². The first-order valence-electron chi connectivity index (χ1n) is 9.83. The number of hydrogen-bond acceptors (Lipinski definition) is 5. The van der Waals surface area contributed by atoms with Crippen LogP contribution in [0.3, 0.4) is 0 Å². The molecule has 2 N–H and O–H groups in total. The zero-order valence-electron chi connectivity index (χ0n) is 17.1. The zero-order valence-corrected chi connectivity index (χ0v) is 17.1. The van der Waals surface area contributed by atoms with E-state index in [4.69, 9.17) is 14.5 Å². The van der Waals surface area contributed by atoms with Crippen LogP contribution < -0.4 is 20.1 Å². The van der Waals surface area contributed by atoms with Gasteiger partial charge in [-0.15, -0.1) is 0 Å². The van der Waals surface area contributed by atoms with Gasteiger partial charge in [0.2, 0.25) is 0 Å². The van der Waals surface area contributed by atoms with Crippen LogP contribution in [0.1, 0.15) is 31.9 Å². The van der Waals surface area contributed by atoms with Gasteiger partial charge in [-0.25, -0.2) is 14.7 Å². The summed E-state index contributed by atoms with van der Waals surface area (Å²) in [7, 11) is 1.65. The molecule has 0 aliphatic carbocycles. The Labute approximate surface area is 166 Å². The van der Waals surface area contributed by atoms with Crippen molar-refractivity contribution in [3.8, 4) is 11.5 Å². The molecule has 2 aromatic rings. The molecule has 28 heavy (non-hydrogen) atoms. The summed E-state index contributed by atoms with van der Waals surface area (Å²) in [5.41, 5.74) is 0. The maximum absolute atomic E-state index is 5.94. The van der Waals surface area contributed by atoms with Crippen LogP contribution in [0.4, 0.5) is 0 Å². The fourth-order valence-electron chi connectivity index (χ4n) is 3.21. The average molecular weight is 387 g/mol. The van der Waals surface area contributed by atoms with Gasteiger partial charge in [-0.2, -0.15) is 5.10 Å². The third-order valence-electron chi connectivity index (χ3n) is 4.55. The number of hydrogen-bond donors (Lipinski definition) is 2. The minimum absolute atomic E-state index is 0.0419. The van der Waals surface area contributed by atoms with Gasteiger partial charge in [-0.1, -0.05) is 0 Å². The van der Waals surface area contributed by atoms with Crippen molar-refractivity contribution in [2.24, 2.45) is 4.99 Å². The summed E-state index contributed by atoms with van der Waals surface area (Å²) in [5.74, 6) is 4.33. The van der Waals surface area contributed by atoms with Crippen LogP contribution in [-0.4, -0.2) is 53.1 Å². The third kappa shape index (κ3) is 5.37. The molecule has 0 amide bonds. The Morgan fingerprint density at radius 1 is 1.32 bits per heavy atom. The van der Waals surface area contributed by atoms with Gasteiger partial charge in [0.25, 0.3) is 0 Å². The molecule has 0 saturated carbocycles. The second kappa shape index (κ2) is 9.43. The van der Waals surface area contributed by atoms with Crippen LogP contribution in [0.25, 0.3) is 0 Å². The van der Waals surface area contributed by atoms with Crippen LogP contribution in [0.15, 0.2) is 29.3 Å². The Balaban J connectivity index is 1.54. The van der Waals surface area contributed by atoms with Crippen LogP contribution in [-0.2, 0) is 13.0 Å². The molecule has 8 heteroatoms. The van der Waals surface area contributed by atoms with Gasteiger partial charge < -0.3 is 20.1 Å². The lowest BCUT2D eigenvalue weighted by Gasteiger charge is -2.25. The molecule has 2 atom stereocenters. The second-order valence-corrected chi connectivity index (χ2v) is 6.96.